The molecule has 0 atom stereocenters. The molecule has 1 N–H and O–H groups in total. The van der Waals surface area contributed by atoms with E-state index in [2.05, 4.69) is 60.9 Å². The molecule has 1 aromatic heterocycles. The molecular formula is C17H22N2OS. The number of aliphatic imine (C=N–C) groups is 1. The molecule has 0 aliphatic heterocycles. The SMILES string of the molecule is COCc1ccc(CN=C(NC(C)C)c2cccs2)cc1. The van der Waals surface area contributed by atoms with Crippen molar-refractivity contribution in [2.75, 3.05) is 7.11 Å². The van der Waals surface area contributed by atoms with E-state index < -0.39 is 0 Å². The Hall–Kier alpha value is -1.65. The van der Waals surface area contributed by atoms with Crippen LogP contribution < -0.4 is 5.32 Å². The van der Waals surface area contributed by atoms with Crippen LogP contribution in [0.2, 0.25) is 0 Å². The number of amidine groups is 1. The molecule has 0 fully saturated rings. The monoisotopic (exact) mass is 302 g/mol. The van der Waals surface area contributed by atoms with Crippen LogP contribution in [0.25, 0.3) is 0 Å². The number of thiophene rings is 1. The fourth-order valence-corrected chi connectivity index (χ4v) is 2.66. The van der Waals surface area contributed by atoms with Crippen molar-refractivity contribution in [3.05, 3.63) is 57.8 Å². The lowest BCUT2D eigenvalue weighted by Crippen LogP contribution is -2.30. The molecule has 3 nitrogen and oxygen atoms in total. The van der Waals surface area contributed by atoms with Crippen LogP contribution in [0, 0.1) is 0 Å². The second-order valence-corrected chi connectivity index (χ2v) is 6.14. The van der Waals surface area contributed by atoms with Crippen LogP contribution in [0.1, 0.15) is 29.9 Å². The van der Waals surface area contributed by atoms with E-state index in [0.29, 0.717) is 19.2 Å². The topological polar surface area (TPSA) is 33.6 Å². The van der Waals surface area contributed by atoms with Crippen molar-refractivity contribution in [3.8, 4) is 0 Å². The largest absolute Gasteiger partial charge is 0.380 e. The van der Waals surface area contributed by atoms with Gasteiger partial charge in [-0.3, -0.25) is 4.99 Å². The van der Waals surface area contributed by atoms with Crippen LogP contribution in [-0.2, 0) is 17.9 Å². The maximum absolute atomic E-state index is 5.12. The highest BCUT2D eigenvalue weighted by molar-refractivity contribution is 7.12. The smallest absolute Gasteiger partial charge is 0.139 e. The summed E-state index contributed by atoms with van der Waals surface area (Å²) in [7, 11) is 1.71. The minimum Gasteiger partial charge on any atom is -0.380 e. The van der Waals surface area contributed by atoms with Gasteiger partial charge in [-0.05, 0) is 36.4 Å². The van der Waals surface area contributed by atoms with Gasteiger partial charge in [0.25, 0.3) is 0 Å². The highest BCUT2D eigenvalue weighted by Crippen LogP contribution is 2.12. The molecule has 0 saturated carbocycles. The Labute approximate surface area is 130 Å². The van der Waals surface area contributed by atoms with E-state index in [-0.39, 0.29) is 0 Å². The van der Waals surface area contributed by atoms with E-state index in [0.717, 1.165) is 5.84 Å². The highest BCUT2D eigenvalue weighted by atomic mass is 32.1. The fraction of sp³-hybridized carbons (Fsp3) is 0.353. The van der Waals surface area contributed by atoms with Crippen LogP contribution in [0.15, 0.2) is 46.8 Å². The van der Waals surface area contributed by atoms with Crippen molar-refractivity contribution in [3.63, 3.8) is 0 Å². The van der Waals surface area contributed by atoms with Crippen LogP contribution >= 0.6 is 11.3 Å². The van der Waals surface area contributed by atoms with Gasteiger partial charge in [-0.2, -0.15) is 0 Å². The summed E-state index contributed by atoms with van der Waals surface area (Å²) in [4.78, 5) is 5.92. The van der Waals surface area contributed by atoms with Gasteiger partial charge in [0.2, 0.25) is 0 Å². The van der Waals surface area contributed by atoms with E-state index in [1.165, 1.54) is 16.0 Å². The lowest BCUT2D eigenvalue weighted by atomic mass is 10.1. The lowest BCUT2D eigenvalue weighted by molar-refractivity contribution is 0.185. The van der Waals surface area contributed by atoms with Crippen molar-refractivity contribution < 1.29 is 4.74 Å². The molecule has 0 radical (unpaired) electrons. The normalized spacial score (nSPS) is 11.9. The molecule has 0 unspecified atom stereocenters. The van der Waals surface area contributed by atoms with Crippen LogP contribution in [0.5, 0.6) is 0 Å². The average molecular weight is 302 g/mol. The van der Waals surface area contributed by atoms with E-state index in [1.54, 1.807) is 18.4 Å². The van der Waals surface area contributed by atoms with Gasteiger partial charge in [0, 0.05) is 13.2 Å². The van der Waals surface area contributed by atoms with Crippen LogP contribution in [-0.4, -0.2) is 19.0 Å². The van der Waals surface area contributed by atoms with E-state index in [1.807, 2.05) is 0 Å². The predicted octanol–water partition coefficient (Wildman–Crippen LogP) is 3.84. The highest BCUT2D eigenvalue weighted by Gasteiger charge is 2.06. The summed E-state index contributed by atoms with van der Waals surface area (Å²) in [6.45, 7) is 5.59. The lowest BCUT2D eigenvalue weighted by Gasteiger charge is -2.12. The van der Waals surface area contributed by atoms with Crippen molar-refractivity contribution in [2.24, 2.45) is 4.99 Å². The Morgan fingerprint density at radius 3 is 2.48 bits per heavy atom. The van der Waals surface area contributed by atoms with Gasteiger partial charge in [0.05, 0.1) is 18.0 Å². The van der Waals surface area contributed by atoms with Crippen LogP contribution in [0.4, 0.5) is 0 Å². The zero-order chi connectivity index (χ0) is 15.1. The van der Waals surface area contributed by atoms with Gasteiger partial charge < -0.3 is 10.1 Å². The second kappa shape index (κ2) is 7.96. The maximum Gasteiger partial charge on any atom is 0.139 e. The first kappa shape index (κ1) is 15.7. The van der Waals surface area contributed by atoms with Gasteiger partial charge in [-0.15, -0.1) is 11.3 Å². The molecule has 0 aliphatic rings. The average Bonchev–Trinajstić information content (AvgIpc) is 2.99. The third-order valence-corrected chi connectivity index (χ3v) is 3.81. The minimum atomic E-state index is 0.370. The summed E-state index contributed by atoms with van der Waals surface area (Å²) >= 11 is 1.71. The minimum absolute atomic E-state index is 0.370. The van der Waals surface area contributed by atoms with E-state index in [9.17, 15) is 0 Å². The number of nitrogens with one attached hydrogen (secondary N) is 1. The first-order valence-corrected chi connectivity index (χ1v) is 7.98. The quantitative estimate of drug-likeness (QED) is 0.650. The van der Waals surface area contributed by atoms with Gasteiger partial charge in [-0.25, -0.2) is 0 Å². The molecule has 2 rings (SSSR count). The van der Waals surface area contributed by atoms with Gasteiger partial charge in [-0.1, -0.05) is 30.3 Å². The molecule has 0 saturated heterocycles. The number of rotatable bonds is 6. The molecule has 0 bridgehead atoms. The fourth-order valence-electron chi connectivity index (χ4n) is 1.96. The number of benzene rings is 1. The summed E-state index contributed by atoms with van der Waals surface area (Å²) in [5.74, 6) is 0.973. The van der Waals surface area contributed by atoms with Crippen molar-refractivity contribution >= 4 is 17.2 Å². The molecule has 1 aromatic carbocycles. The van der Waals surface area contributed by atoms with E-state index >= 15 is 0 Å². The number of ether oxygens (including phenoxy) is 1. The summed E-state index contributed by atoms with van der Waals surface area (Å²) < 4.78 is 5.12. The molecule has 0 aliphatic carbocycles. The third kappa shape index (κ3) is 4.99. The summed E-state index contributed by atoms with van der Waals surface area (Å²) in [5, 5.41) is 5.50. The second-order valence-electron chi connectivity index (χ2n) is 5.19. The zero-order valence-electron chi connectivity index (χ0n) is 12.8. The third-order valence-electron chi connectivity index (χ3n) is 2.93. The molecule has 0 amide bonds. The molecule has 4 heteroatoms. The molecule has 0 spiro atoms. The number of hydrogen-bond donors (Lipinski definition) is 1. The Kier molecular flexibility index (Phi) is 5.96. The molecular weight excluding hydrogens is 280 g/mol. The standard InChI is InChI=1S/C17H22N2OS/c1-13(2)19-17(16-5-4-10-21-16)18-11-14-6-8-15(9-7-14)12-20-3/h4-10,13H,11-12H2,1-3H3,(H,18,19). The molecule has 1 heterocycles. The van der Waals surface area contributed by atoms with Crippen LogP contribution in [0.3, 0.4) is 0 Å². The predicted molar refractivity (Wildman–Crippen MR) is 90.0 cm³/mol. The van der Waals surface area contributed by atoms with Gasteiger partial charge in [0.15, 0.2) is 0 Å². The summed E-state index contributed by atoms with van der Waals surface area (Å²) in [5.41, 5.74) is 2.39. The van der Waals surface area contributed by atoms with Crippen molar-refractivity contribution in [2.45, 2.75) is 33.0 Å². The maximum atomic E-state index is 5.12. The van der Waals surface area contributed by atoms with Crippen molar-refractivity contribution in [1.82, 2.24) is 5.32 Å². The Balaban J connectivity index is 2.08. The van der Waals surface area contributed by atoms with Gasteiger partial charge >= 0.3 is 0 Å². The Morgan fingerprint density at radius 2 is 1.90 bits per heavy atom. The molecule has 2 aromatic rings. The number of nitrogens with zero attached hydrogens (tertiary/aromatic N) is 1. The van der Waals surface area contributed by atoms with Gasteiger partial charge in [0.1, 0.15) is 5.84 Å². The molecule has 112 valence electrons. The summed E-state index contributed by atoms with van der Waals surface area (Å²) in [6, 6.07) is 12.9. The first-order valence-electron chi connectivity index (χ1n) is 7.10. The number of methoxy groups -OCH3 is 1. The Bertz CT molecular complexity index is 559. The van der Waals surface area contributed by atoms with Crippen molar-refractivity contribution in [1.29, 1.82) is 0 Å². The zero-order valence-corrected chi connectivity index (χ0v) is 13.6. The Morgan fingerprint density at radius 1 is 1.19 bits per heavy atom. The molecule has 21 heavy (non-hydrogen) atoms. The first-order chi connectivity index (χ1) is 10.2. The summed E-state index contributed by atoms with van der Waals surface area (Å²) in [6.07, 6.45) is 0. The van der Waals surface area contributed by atoms with E-state index in [4.69, 9.17) is 9.73 Å². The number of hydrogen-bond acceptors (Lipinski definition) is 3.